The summed E-state index contributed by atoms with van der Waals surface area (Å²) in [5.41, 5.74) is 0. The van der Waals surface area contributed by atoms with E-state index in [1.807, 2.05) is 0 Å². The van der Waals surface area contributed by atoms with E-state index in [-0.39, 0.29) is 7.83 Å². The summed E-state index contributed by atoms with van der Waals surface area (Å²) in [6.07, 6.45) is 45.4. The van der Waals surface area contributed by atoms with Gasteiger partial charge in [-0.2, -0.15) is 0 Å². The van der Waals surface area contributed by atoms with Crippen molar-refractivity contribution in [3.8, 4) is 0 Å². The predicted molar refractivity (Wildman–Crippen MR) is 194 cm³/mol. The maximum absolute atomic E-state index is 2.33. The van der Waals surface area contributed by atoms with E-state index < -0.39 is 0 Å². The first-order valence-corrected chi connectivity index (χ1v) is 28.7. The second kappa shape index (κ2) is 36.7. The van der Waals surface area contributed by atoms with Crippen LogP contribution >= 0.6 is 0 Å². The number of hydrogen-bond donors (Lipinski definition) is 0. The van der Waals surface area contributed by atoms with Gasteiger partial charge in [0.15, 0.2) is 0 Å². The van der Waals surface area contributed by atoms with Crippen LogP contribution in [-0.2, 0) is 0 Å². The fraction of sp³-hybridized carbons (Fsp3) is 1.00. The van der Waals surface area contributed by atoms with Crippen molar-refractivity contribution in [2.24, 2.45) is 0 Å². The zero-order valence-corrected chi connectivity index (χ0v) is 32.3. The van der Waals surface area contributed by atoms with E-state index in [1.165, 1.54) is 135 Å². The molecule has 39 heavy (non-hydrogen) atoms. The Balaban J connectivity index is 3.88. The van der Waals surface area contributed by atoms with Crippen LogP contribution < -0.4 is 0 Å². The second-order valence-corrected chi connectivity index (χ2v) is 32.2. The molecule has 0 amide bonds. The van der Waals surface area contributed by atoms with Crippen molar-refractivity contribution < 1.29 is 0 Å². The van der Waals surface area contributed by atoms with Gasteiger partial charge in [0.05, 0.1) is 0 Å². The van der Waals surface area contributed by atoms with Crippen LogP contribution in [0.2, 0.25) is 18.1 Å². The van der Waals surface area contributed by atoms with Crippen LogP contribution in [0.15, 0.2) is 0 Å². The monoisotopic (exact) mass is 597 g/mol. The lowest BCUT2D eigenvalue weighted by Gasteiger charge is -2.15. The maximum Gasteiger partial charge on any atom is 0.0128 e. The van der Waals surface area contributed by atoms with Crippen LogP contribution in [0, 0.1) is 0 Å². The number of hydrogen-bond acceptors (Lipinski definition) is 0. The van der Waals surface area contributed by atoms with Crippen molar-refractivity contribution in [2.45, 2.75) is 232 Å². The average Bonchev–Trinajstić information content (AvgIpc) is 2.95. The first-order valence-electron chi connectivity index (χ1n) is 19.3. The summed E-state index contributed by atoms with van der Waals surface area (Å²) >= 11 is 0. The molecule has 0 heterocycles. The first kappa shape index (κ1) is 39.7. The molecule has 0 bridgehead atoms. The highest BCUT2D eigenvalue weighted by molar-refractivity contribution is 7.39. The van der Waals surface area contributed by atoms with Crippen LogP contribution in [0.25, 0.3) is 0 Å². The maximum atomic E-state index is 2.33. The molecule has 0 aromatic heterocycles. The minimum absolute atomic E-state index is 0.197. The number of rotatable bonds is 35. The zero-order chi connectivity index (χ0) is 28.3. The van der Waals surface area contributed by atoms with E-state index in [0.29, 0.717) is 18.1 Å². The Morgan fingerprint density at radius 3 is 0.795 bits per heavy atom. The Bertz CT molecular complexity index is 388. The summed E-state index contributed by atoms with van der Waals surface area (Å²) in [5.74, 6) is 0. The summed E-state index contributed by atoms with van der Waals surface area (Å²) in [5, 5.41) is 0. The Kier molecular flexibility index (Phi) is 37.3. The van der Waals surface area contributed by atoms with Gasteiger partial charge in [0, 0.05) is 25.9 Å². The highest BCUT2D eigenvalue weighted by Crippen LogP contribution is 2.16. The summed E-state index contributed by atoms with van der Waals surface area (Å²) in [6, 6.07) is 5.29. The van der Waals surface area contributed by atoms with E-state index in [4.69, 9.17) is 0 Å². The van der Waals surface area contributed by atoms with Gasteiger partial charge < -0.3 is 0 Å². The zero-order valence-electron chi connectivity index (χ0n) is 28.3. The summed E-state index contributed by atoms with van der Waals surface area (Å²) in [6.45, 7) is 6.99. The summed E-state index contributed by atoms with van der Waals surface area (Å²) < 4.78 is 0. The van der Waals surface area contributed by atoms with Crippen molar-refractivity contribution in [1.29, 1.82) is 0 Å². The molecular formula is C36H80Si3. The Morgan fingerprint density at radius 2 is 0.513 bits per heavy atom. The molecule has 0 aromatic rings. The van der Waals surface area contributed by atoms with Gasteiger partial charge in [-0.1, -0.05) is 232 Å². The molecule has 236 valence electrons. The molecule has 0 aromatic carbocycles. The SMILES string of the molecule is CCCCCCCCCCCC[SiH2][SiH](CCCCCCCCCCCC)[SiH2]CCCCCCCCCCCC. The van der Waals surface area contributed by atoms with Crippen LogP contribution in [0.3, 0.4) is 0 Å². The number of unbranched alkanes of at least 4 members (excludes halogenated alkanes) is 27. The van der Waals surface area contributed by atoms with Crippen molar-refractivity contribution in [3.63, 3.8) is 0 Å². The molecule has 0 nitrogen and oxygen atoms in total. The molecular weight excluding hydrogens is 517 g/mol. The quantitative estimate of drug-likeness (QED) is 0.0504. The van der Waals surface area contributed by atoms with Gasteiger partial charge >= 0.3 is 0 Å². The lowest BCUT2D eigenvalue weighted by atomic mass is 10.1. The third kappa shape index (κ3) is 34.8. The molecule has 0 rings (SSSR count). The van der Waals surface area contributed by atoms with Gasteiger partial charge in [-0.3, -0.25) is 0 Å². The molecule has 0 saturated heterocycles. The van der Waals surface area contributed by atoms with Gasteiger partial charge in [0.2, 0.25) is 0 Å². The molecule has 0 atom stereocenters. The Morgan fingerprint density at radius 1 is 0.282 bits per heavy atom. The highest BCUT2D eigenvalue weighted by Gasteiger charge is 2.11. The molecule has 3 heteroatoms. The molecule has 0 aliphatic carbocycles. The van der Waals surface area contributed by atoms with Crippen LogP contribution in [0.5, 0.6) is 0 Å². The molecule has 0 spiro atoms. The van der Waals surface area contributed by atoms with Crippen LogP contribution in [0.4, 0.5) is 0 Å². The minimum Gasteiger partial charge on any atom is -0.0654 e. The largest absolute Gasteiger partial charge is 0.0654 e. The first-order chi connectivity index (χ1) is 19.3. The topological polar surface area (TPSA) is 0 Å². The van der Waals surface area contributed by atoms with Gasteiger partial charge in [-0.05, 0) is 0 Å². The third-order valence-electron chi connectivity index (χ3n) is 9.40. The van der Waals surface area contributed by atoms with Crippen LogP contribution in [-0.4, -0.2) is 25.9 Å². The Hall–Kier alpha value is 0.651. The second-order valence-electron chi connectivity index (χ2n) is 13.5. The van der Waals surface area contributed by atoms with Crippen molar-refractivity contribution in [2.75, 3.05) is 0 Å². The van der Waals surface area contributed by atoms with Gasteiger partial charge in [0.1, 0.15) is 0 Å². The van der Waals surface area contributed by atoms with Crippen molar-refractivity contribution in [3.05, 3.63) is 0 Å². The summed E-state index contributed by atoms with van der Waals surface area (Å²) in [4.78, 5) is 0. The standard InChI is InChI=1S/C36H80Si3/c1-4-7-10-13-16-19-22-25-28-31-34-37-39(36-33-30-27-24-21-18-15-12-9-6-3)38-35-32-29-26-23-20-17-14-11-8-5-2/h39H,4-38H2,1-3H3. The fourth-order valence-electron chi connectivity index (χ4n) is 6.55. The predicted octanol–water partition coefficient (Wildman–Crippen LogP) is 12.1. The minimum atomic E-state index is -0.197. The average molecular weight is 597 g/mol. The van der Waals surface area contributed by atoms with E-state index in [2.05, 4.69) is 20.8 Å². The normalized spacial score (nSPS) is 13.0. The molecule has 0 aliphatic rings. The molecule has 0 aliphatic heterocycles. The smallest absolute Gasteiger partial charge is 0.0128 e. The fourth-order valence-corrected chi connectivity index (χ4v) is 28.0. The van der Waals surface area contributed by atoms with Crippen LogP contribution in [0.1, 0.15) is 213 Å². The van der Waals surface area contributed by atoms with Gasteiger partial charge in [-0.15, -0.1) is 0 Å². The van der Waals surface area contributed by atoms with Crippen molar-refractivity contribution >= 4 is 25.9 Å². The Labute approximate surface area is 256 Å². The molecule has 0 radical (unpaired) electrons. The summed E-state index contributed by atoms with van der Waals surface area (Å²) in [7, 11) is 0.520. The molecule has 0 N–H and O–H groups in total. The van der Waals surface area contributed by atoms with Gasteiger partial charge in [-0.25, -0.2) is 0 Å². The molecule has 0 saturated carbocycles. The van der Waals surface area contributed by atoms with E-state index >= 15 is 0 Å². The van der Waals surface area contributed by atoms with Gasteiger partial charge in [0.25, 0.3) is 0 Å². The lowest BCUT2D eigenvalue weighted by molar-refractivity contribution is 0.561. The van der Waals surface area contributed by atoms with E-state index in [1.54, 1.807) is 75.9 Å². The van der Waals surface area contributed by atoms with E-state index in [0.717, 1.165) is 0 Å². The molecule has 0 fully saturated rings. The lowest BCUT2D eigenvalue weighted by Crippen LogP contribution is -2.30. The van der Waals surface area contributed by atoms with Crippen molar-refractivity contribution in [1.82, 2.24) is 0 Å². The molecule has 0 unspecified atom stereocenters. The van der Waals surface area contributed by atoms with E-state index in [9.17, 15) is 0 Å². The highest BCUT2D eigenvalue weighted by atomic mass is 29.6. The third-order valence-corrected chi connectivity index (χ3v) is 31.2.